The maximum Gasteiger partial charge on any atom is 0.317 e. The quantitative estimate of drug-likeness (QED) is 0.531. The number of hydrogen-bond acceptors (Lipinski definition) is 5. The molecule has 1 saturated carbocycles. The highest BCUT2D eigenvalue weighted by molar-refractivity contribution is 5.80. The molecule has 0 amide bonds. The zero-order valence-electron chi connectivity index (χ0n) is 20.3. The third-order valence-corrected chi connectivity index (χ3v) is 7.39. The fourth-order valence-electron chi connectivity index (χ4n) is 5.64. The first kappa shape index (κ1) is 23.5. The van der Waals surface area contributed by atoms with Crippen LogP contribution in [0.25, 0.3) is 0 Å². The Morgan fingerprint density at radius 1 is 1.24 bits per heavy atom. The van der Waals surface area contributed by atoms with E-state index in [2.05, 4.69) is 36.4 Å². The molecule has 7 heteroatoms. The average Bonchev–Trinajstić information content (AvgIpc) is 3.06. The Balaban J connectivity index is 1.32. The Kier molecular flexibility index (Phi) is 6.36. The molecule has 4 rings (SSSR count). The van der Waals surface area contributed by atoms with Crippen molar-refractivity contribution >= 4 is 11.9 Å². The van der Waals surface area contributed by atoms with Crippen molar-refractivity contribution in [3.05, 3.63) is 45.8 Å². The Labute approximate surface area is 195 Å². The van der Waals surface area contributed by atoms with Crippen molar-refractivity contribution in [2.45, 2.75) is 66.2 Å². The molecule has 2 aliphatic rings. The lowest BCUT2D eigenvalue weighted by Gasteiger charge is -2.14. The smallest absolute Gasteiger partial charge is 0.317 e. The summed E-state index contributed by atoms with van der Waals surface area (Å²) in [6, 6.07) is 4.18. The van der Waals surface area contributed by atoms with Crippen LogP contribution in [0.1, 0.15) is 71.0 Å². The lowest BCUT2D eigenvalue weighted by atomic mass is 9.98. The van der Waals surface area contributed by atoms with Crippen molar-refractivity contribution in [1.29, 1.82) is 0 Å². The molecule has 0 saturated heterocycles. The zero-order valence-corrected chi connectivity index (χ0v) is 20.3. The first-order valence-electron chi connectivity index (χ1n) is 11.9. The van der Waals surface area contributed by atoms with E-state index >= 15 is 0 Å². The number of ether oxygens (including phenoxy) is 1. The van der Waals surface area contributed by atoms with E-state index in [0.29, 0.717) is 43.2 Å². The summed E-state index contributed by atoms with van der Waals surface area (Å²) < 4.78 is 7.62. The van der Waals surface area contributed by atoms with Crippen LogP contribution in [-0.2, 0) is 17.6 Å². The minimum atomic E-state index is -0.857. The van der Waals surface area contributed by atoms with Crippen molar-refractivity contribution in [2.75, 3.05) is 19.7 Å². The standard InChI is InChI=1S/C26H35N3O4/c1-15-11-18(12-16(2)25(15)33-10-6-9-27-14-22(31)32)7-8-21(30)29-20-13-19-24(26(19,4)5)23(20)17(3)28-29/h11-12,19,24,27H,6-10,13-14H2,1-5H3,(H,31,32)/t19-,24?/m0/s1. The second-order valence-electron chi connectivity index (χ2n) is 10.2. The van der Waals surface area contributed by atoms with Crippen LogP contribution in [0.5, 0.6) is 5.75 Å². The first-order chi connectivity index (χ1) is 15.6. The molecule has 7 nitrogen and oxygen atoms in total. The van der Waals surface area contributed by atoms with Crippen molar-refractivity contribution in [1.82, 2.24) is 15.1 Å². The largest absolute Gasteiger partial charge is 0.493 e. The molecule has 33 heavy (non-hydrogen) atoms. The van der Waals surface area contributed by atoms with Gasteiger partial charge in [-0.2, -0.15) is 5.10 Å². The van der Waals surface area contributed by atoms with Crippen LogP contribution in [0.3, 0.4) is 0 Å². The van der Waals surface area contributed by atoms with E-state index in [9.17, 15) is 9.59 Å². The normalized spacial score (nSPS) is 19.8. The number of nitrogens with one attached hydrogen (secondary N) is 1. The monoisotopic (exact) mass is 453 g/mol. The predicted molar refractivity (Wildman–Crippen MR) is 126 cm³/mol. The molecule has 1 unspecified atom stereocenters. The third kappa shape index (κ3) is 4.56. The number of nitrogens with zero attached hydrogens (tertiary/aromatic N) is 2. The molecule has 178 valence electrons. The van der Waals surface area contributed by atoms with Crippen LogP contribution in [-0.4, -0.2) is 46.5 Å². The van der Waals surface area contributed by atoms with Gasteiger partial charge >= 0.3 is 5.97 Å². The van der Waals surface area contributed by atoms with Crippen LogP contribution in [0.15, 0.2) is 12.1 Å². The van der Waals surface area contributed by atoms with E-state index in [0.717, 1.165) is 46.7 Å². The van der Waals surface area contributed by atoms with E-state index in [1.165, 1.54) is 5.56 Å². The molecule has 1 aromatic heterocycles. The van der Waals surface area contributed by atoms with Crippen LogP contribution in [0.4, 0.5) is 0 Å². The van der Waals surface area contributed by atoms with E-state index in [4.69, 9.17) is 9.84 Å². The van der Waals surface area contributed by atoms with Crippen LogP contribution >= 0.6 is 0 Å². The van der Waals surface area contributed by atoms with Gasteiger partial charge in [0.2, 0.25) is 5.91 Å². The van der Waals surface area contributed by atoms with Gasteiger partial charge in [-0.25, -0.2) is 4.68 Å². The number of aliphatic carboxylic acids is 1. The molecule has 2 aliphatic carbocycles. The summed E-state index contributed by atoms with van der Waals surface area (Å²) in [6.45, 7) is 11.8. The van der Waals surface area contributed by atoms with Gasteiger partial charge in [-0.05, 0) is 80.5 Å². The van der Waals surface area contributed by atoms with Crippen LogP contribution < -0.4 is 10.1 Å². The summed E-state index contributed by atoms with van der Waals surface area (Å²) in [7, 11) is 0. The molecule has 2 aromatic rings. The Morgan fingerprint density at radius 2 is 1.94 bits per heavy atom. The molecule has 0 spiro atoms. The molecular weight excluding hydrogens is 418 g/mol. The number of carboxylic acids is 1. The van der Waals surface area contributed by atoms with E-state index in [1.54, 1.807) is 4.68 Å². The number of carboxylic acid groups (broad SMARTS) is 1. The molecule has 1 fully saturated rings. The second-order valence-corrected chi connectivity index (χ2v) is 10.2. The molecule has 0 radical (unpaired) electrons. The fourth-order valence-corrected chi connectivity index (χ4v) is 5.64. The molecule has 0 aliphatic heterocycles. The Hall–Kier alpha value is -2.67. The van der Waals surface area contributed by atoms with Crippen molar-refractivity contribution in [2.24, 2.45) is 11.3 Å². The number of fused-ring (bicyclic) bond motifs is 3. The highest BCUT2D eigenvalue weighted by Crippen LogP contribution is 2.70. The van der Waals surface area contributed by atoms with Gasteiger partial charge in [-0.1, -0.05) is 26.0 Å². The molecule has 2 N–H and O–H groups in total. The summed E-state index contributed by atoms with van der Waals surface area (Å²) in [5, 5.41) is 16.1. The maximum absolute atomic E-state index is 13.0. The van der Waals surface area contributed by atoms with Crippen molar-refractivity contribution in [3.8, 4) is 5.75 Å². The second kappa shape index (κ2) is 8.93. The number of aryl methyl sites for hydroxylation is 4. The van der Waals surface area contributed by atoms with Crippen LogP contribution in [0.2, 0.25) is 0 Å². The summed E-state index contributed by atoms with van der Waals surface area (Å²) >= 11 is 0. The highest BCUT2D eigenvalue weighted by atomic mass is 16.5. The number of carbonyl (C=O) groups excluding carboxylic acids is 1. The lowest BCUT2D eigenvalue weighted by molar-refractivity contribution is -0.135. The van der Waals surface area contributed by atoms with Gasteiger partial charge in [0.1, 0.15) is 5.75 Å². The van der Waals surface area contributed by atoms with E-state index < -0.39 is 5.97 Å². The van der Waals surface area contributed by atoms with Gasteiger partial charge in [0, 0.05) is 12.0 Å². The van der Waals surface area contributed by atoms with Crippen molar-refractivity contribution in [3.63, 3.8) is 0 Å². The lowest BCUT2D eigenvalue weighted by Crippen LogP contribution is -2.24. The fraction of sp³-hybridized carbons (Fsp3) is 0.577. The minimum Gasteiger partial charge on any atom is -0.493 e. The number of benzene rings is 1. The third-order valence-electron chi connectivity index (χ3n) is 7.39. The van der Waals surface area contributed by atoms with Gasteiger partial charge in [0.15, 0.2) is 0 Å². The zero-order chi connectivity index (χ0) is 23.9. The summed E-state index contributed by atoms with van der Waals surface area (Å²) in [6.07, 6.45) is 2.80. The SMILES string of the molecule is Cc1cc(CCC(=O)n2nc(C)c3c2C[C@H]2C3C2(C)C)cc(C)c1OCCCNCC(=O)O. The van der Waals surface area contributed by atoms with Crippen LogP contribution in [0, 0.1) is 32.1 Å². The highest BCUT2D eigenvalue weighted by Gasteiger charge is 2.64. The molecule has 1 aromatic carbocycles. The molecule has 1 heterocycles. The Bertz CT molecular complexity index is 1060. The van der Waals surface area contributed by atoms with Gasteiger partial charge < -0.3 is 15.2 Å². The molecule has 0 bridgehead atoms. The number of rotatable bonds is 10. The van der Waals surface area contributed by atoms with Gasteiger partial charge in [-0.15, -0.1) is 0 Å². The average molecular weight is 454 g/mol. The minimum absolute atomic E-state index is 0.0362. The summed E-state index contributed by atoms with van der Waals surface area (Å²) in [5.41, 5.74) is 7.05. The van der Waals surface area contributed by atoms with Gasteiger partial charge in [0.25, 0.3) is 0 Å². The Morgan fingerprint density at radius 3 is 2.61 bits per heavy atom. The van der Waals surface area contributed by atoms with Gasteiger partial charge in [0.05, 0.1) is 24.5 Å². The van der Waals surface area contributed by atoms with Gasteiger partial charge in [-0.3, -0.25) is 9.59 Å². The molecular formula is C26H35N3O4. The number of aromatic nitrogens is 2. The first-order valence-corrected chi connectivity index (χ1v) is 11.9. The van der Waals surface area contributed by atoms with E-state index in [-0.39, 0.29) is 12.5 Å². The van der Waals surface area contributed by atoms with E-state index in [1.807, 2.05) is 20.8 Å². The number of carbonyl (C=O) groups is 2. The summed E-state index contributed by atoms with van der Waals surface area (Å²) in [4.78, 5) is 23.5. The number of hydrogen-bond donors (Lipinski definition) is 2. The maximum atomic E-state index is 13.0. The molecule has 2 atom stereocenters. The topological polar surface area (TPSA) is 93.5 Å². The predicted octanol–water partition coefficient (Wildman–Crippen LogP) is 3.82. The summed E-state index contributed by atoms with van der Waals surface area (Å²) in [5.74, 6) is 1.31. The van der Waals surface area contributed by atoms with Crippen molar-refractivity contribution < 1.29 is 19.4 Å².